The third-order valence-electron chi connectivity index (χ3n) is 13.0. The second kappa shape index (κ2) is 15.6. The van der Waals surface area contributed by atoms with Crippen LogP contribution in [0.25, 0.3) is 72.3 Å². The van der Waals surface area contributed by atoms with Gasteiger partial charge >= 0.3 is 294 Å². The fourth-order valence-corrected chi connectivity index (χ4v) is 10.9. The summed E-state index contributed by atoms with van der Waals surface area (Å²) >= 11 is 2.48. The van der Waals surface area contributed by atoms with E-state index in [9.17, 15) is 0 Å². The molecule has 64 heavy (non-hydrogen) atoms. The van der Waals surface area contributed by atoms with Gasteiger partial charge in [0.15, 0.2) is 0 Å². The number of nitrogens with zero attached hydrogens (tertiary/aromatic N) is 4. The molecule has 11 rings (SSSR count). The van der Waals surface area contributed by atoms with Gasteiger partial charge in [-0.1, -0.05) is 34.6 Å². The van der Waals surface area contributed by atoms with Crippen LogP contribution >= 0.6 is 0 Å². The Kier molecular flexibility index (Phi) is 9.81. The third kappa shape index (κ3) is 6.89. The number of benzene rings is 7. The van der Waals surface area contributed by atoms with Crippen molar-refractivity contribution in [2.24, 2.45) is 0 Å². The molecular formula is C58H48N4OPt-2. The molecule has 0 radical (unpaired) electrons. The predicted octanol–water partition coefficient (Wildman–Crippen LogP) is 14.6. The molecule has 0 saturated heterocycles. The van der Waals surface area contributed by atoms with Crippen molar-refractivity contribution in [3.05, 3.63) is 197 Å². The van der Waals surface area contributed by atoms with Gasteiger partial charge in [0.25, 0.3) is 0 Å². The first-order chi connectivity index (χ1) is 31.0. The number of aryl methyl sites for hydroxylation is 1. The fraction of sp³-hybridized carbons (Fsp3) is 0.172. The van der Waals surface area contributed by atoms with Crippen LogP contribution in [0.4, 0.5) is 0 Å². The van der Waals surface area contributed by atoms with Crippen LogP contribution in [0.2, 0.25) is 0 Å². The minimum absolute atomic E-state index is 0.0337. The summed E-state index contributed by atoms with van der Waals surface area (Å²) in [4.78, 5) is 5.00. The van der Waals surface area contributed by atoms with Gasteiger partial charge in [0, 0.05) is 6.20 Å². The van der Waals surface area contributed by atoms with Crippen LogP contribution in [0.1, 0.15) is 64.2 Å². The van der Waals surface area contributed by atoms with E-state index < -0.39 is 0 Å². The van der Waals surface area contributed by atoms with E-state index in [0.717, 1.165) is 77.1 Å². The van der Waals surface area contributed by atoms with Crippen LogP contribution in [-0.4, -0.2) is 18.7 Å². The molecule has 7 aromatic carbocycles. The fourth-order valence-electron chi connectivity index (χ4n) is 9.79. The molecule has 1 aliphatic rings. The van der Waals surface area contributed by atoms with Crippen molar-refractivity contribution in [3.63, 3.8) is 0 Å². The number of rotatable bonds is 7. The Morgan fingerprint density at radius 2 is 1.28 bits per heavy atom. The summed E-state index contributed by atoms with van der Waals surface area (Å²) in [6, 6.07) is 63.6. The molecule has 3 aromatic heterocycles. The molecular weight excluding hydrogens is 964 g/mol. The van der Waals surface area contributed by atoms with E-state index in [0.29, 0.717) is 11.5 Å². The first-order valence-corrected chi connectivity index (χ1v) is 23.3. The van der Waals surface area contributed by atoms with Crippen LogP contribution < -0.4 is 4.74 Å². The molecule has 0 unspecified atom stereocenters. The summed E-state index contributed by atoms with van der Waals surface area (Å²) in [5.74, 6) is 2.11. The molecule has 0 saturated carbocycles. The number of pyridine rings is 1. The summed E-state index contributed by atoms with van der Waals surface area (Å²) in [7, 11) is 0. The van der Waals surface area contributed by atoms with Crippen LogP contribution in [-0.2, 0) is 36.6 Å². The summed E-state index contributed by atoms with van der Waals surface area (Å²) in [5, 5.41) is 2.36. The van der Waals surface area contributed by atoms with Gasteiger partial charge in [-0.15, -0.1) is 0 Å². The van der Waals surface area contributed by atoms with Crippen molar-refractivity contribution in [2.45, 2.75) is 64.7 Å². The second-order valence-corrected chi connectivity index (χ2v) is 19.7. The molecule has 0 fully saturated rings. The SMILES string of the molecule is CC(C)(C)c1ccnc(-n2c3[c-]c(Oc4[c-]c(-n5[c](=[Pt])n(-c6c(-c7ccccc7)cccc6-c6ccccc6)c6ccccc65)ccc4)ccc3c3cc4c(cc32)C(C)(C)CCC4)c1. The molecule has 0 spiro atoms. The Bertz CT molecular complexity index is 3420. The zero-order valence-electron chi connectivity index (χ0n) is 36.7. The first kappa shape index (κ1) is 40.2. The van der Waals surface area contributed by atoms with Crippen molar-refractivity contribution in [1.29, 1.82) is 0 Å². The maximum atomic E-state index is 6.78. The summed E-state index contributed by atoms with van der Waals surface area (Å²) < 4.78 is 14.8. The number of aromatic nitrogens is 4. The molecule has 0 aliphatic heterocycles. The van der Waals surface area contributed by atoms with Crippen molar-refractivity contribution in [2.75, 3.05) is 0 Å². The Balaban J connectivity index is 1.05. The number of hydrogen-bond donors (Lipinski definition) is 0. The maximum absolute atomic E-state index is 6.78. The van der Waals surface area contributed by atoms with E-state index in [4.69, 9.17) is 9.72 Å². The molecule has 10 aromatic rings. The summed E-state index contributed by atoms with van der Waals surface area (Å²) in [5.41, 5.74) is 15.0. The molecule has 1 aliphatic carbocycles. The van der Waals surface area contributed by atoms with Crippen LogP contribution in [0.5, 0.6) is 11.5 Å². The Labute approximate surface area is 385 Å². The van der Waals surface area contributed by atoms with Crippen LogP contribution in [0.3, 0.4) is 0 Å². The first-order valence-electron chi connectivity index (χ1n) is 22.2. The quantitative estimate of drug-likeness (QED) is 0.149. The average molecular weight is 1010 g/mol. The normalized spacial score (nSPS) is 13.7. The van der Waals surface area contributed by atoms with Crippen molar-refractivity contribution in [3.8, 4) is 50.9 Å². The van der Waals surface area contributed by atoms with E-state index in [1.807, 2.05) is 24.4 Å². The topological polar surface area (TPSA) is 36.9 Å². The van der Waals surface area contributed by atoms with Crippen LogP contribution in [0, 0.1) is 15.9 Å². The molecule has 3 heterocycles. The monoisotopic (exact) mass is 1010 g/mol. The number of para-hydroxylation sites is 3. The van der Waals surface area contributed by atoms with Gasteiger partial charge in [0.05, 0.1) is 0 Å². The second-order valence-electron chi connectivity index (χ2n) is 18.7. The Morgan fingerprint density at radius 3 is 1.98 bits per heavy atom. The van der Waals surface area contributed by atoms with Crippen molar-refractivity contribution >= 4 is 32.8 Å². The molecule has 0 bridgehead atoms. The third-order valence-corrected chi connectivity index (χ3v) is 14.1. The molecule has 318 valence electrons. The van der Waals surface area contributed by atoms with E-state index in [1.54, 1.807) is 0 Å². The average Bonchev–Trinajstić information content (AvgIpc) is 3.78. The number of fused-ring (bicyclic) bond motifs is 5. The van der Waals surface area contributed by atoms with Gasteiger partial charge in [-0.25, -0.2) is 0 Å². The van der Waals surface area contributed by atoms with Crippen molar-refractivity contribution < 1.29 is 24.1 Å². The molecule has 5 nitrogen and oxygen atoms in total. The predicted molar refractivity (Wildman–Crippen MR) is 258 cm³/mol. The molecule has 0 N–H and O–H groups in total. The molecule has 6 heteroatoms. The number of imidazole rings is 1. The Hall–Kier alpha value is -6.55. The zero-order valence-corrected chi connectivity index (χ0v) is 39.0. The van der Waals surface area contributed by atoms with Crippen molar-refractivity contribution in [1.82, 2.24) is 18.7 Å². The summed E-state index contributed by atoms with van der Waals surface area (Å²) in [6.07, 6.45) is 5.42. The van der Waals surface area contributed by atoms with E-state index in [1.165, 1.54) is 34.9 Å². The van der Waals surface area contributed by atoms with Gasteiger partial charge in [0.2, 0.25) is 0 Å². The molecule has 0 amide bonds. The zero-order chi connectivity index (χ0) is 43.7. The minimum atomic E-state index is -0.0337. The van der Waals surface area contributed by atoms with Crippen LogP contribution in [0.15, 0.2) is 164 Å². The van der Waals surface area contributed by atoms with Gasteiger partial charge in [-0.2, -0.15) is 0 Å². The van der Waals surface area contributed by atoms with Gasteiger partial charge < -0.3 is 0 Å². The summed E-state index contributed by atoms with van der Waals surface area (Å²) in [6.45, 7) is 11.5. The standard InChI is InChI=1S/C58H48N4O.Pt/c1-57(2,3)42-30-32-59-55(34-42)62-53-36-45(28-29-48(53)49-33-41-21-16-31-58(4,5)50(41)37-54(49)62)63-44-23-14-22-43(35-44)60-38-61(52-27-13-12-26-51(52)60)56-46(39-17-8-6-9-18-39)24-15-25-47(56)40-19-10-7-11-20-40;/h6-15,17-20,22-30,32-34,37H,16,21,31H2,1-5H3;/q-2;. The number of ether oxygens (including phenoxy) is 1. The number of hydrogen-bond acceptors (Lipinski definition) is 2. The molecule has 0 atom stereocenters. The van der Waals surface area contributed by atoms with Gasteiger partial charge in [-0.3, -0.25) is 0 Å². The van der Waals surface area contributed by atoms with Gasteiger partial charge in [0.1, 0.15) is 0 Å². The smallest absolute Gasteiger partial charge is 0.0558 e. The minimum Gasteiger partial charge on any atom is -0.0558 e. The van der Waals surface area contributed by atoms with Gasteiger partial charge in [-0.05, 0) is 52.8 Å². The van der Waals surface area contributed by atoms with E-state index in [-0.39, 0.29) is 10.8 Å². The van der Waals surface area contributed by atoms with E-state index >= 15 is 0 Å². The van der Waals surface area contributed by atoms with E-state index in [2.05, 4.69) is 219 Å². The Morgan fingerprint density at radius 1 is 0.625 bits per heavy atom.